The molecule has 1 aromatic rings. The highest BCUT2D eigenvalue weighted by molar-refractivity contribution is 7.89. The van der Waals surface area contributed by atoms with Crippen molar-refractivity contribution in [2.45, 2.75) is 23.8 Å². The topological polar surface area (TPSA) is 86.8 Å². The van der Waals surface area contributed by atoms with Gasteiger partial charge in [0.2, 0.25) is 21.8 Å². The van der Waals surface area contributed by atoms with E-state index in [1.807, 2.05) is 0 Å². The van der Waals surface area contributed by atoms with Gasteiger partial charge in [-0.1, -0.05) is 18.2 Å². The number of benzene rings is 1. The van der Waals surface area contributed by atoms with Crippen LogP contribution in [0.5, 0.6) is 0 Å². The molecule has 2 heterocycles. The van der Waals surface area contributed by atoms with Gasteiger partial charge in [0.1, 0.15) is 6.04 Å². The minimum Gasteiger partial charge on any atom is -0.344 e. The van der Waals surface area contributed by atoms with Gasteiger partial charge in [-0.2, -0.15) is 4.31 Å². The zero-order valence-corrected chi connectivity index (χ0v) is 13.5. The molecule has 2 fully saturated rings. The highest BCUT2D eigenvalue weighted by Gasteiger charge is 2.34. The van der Waals surface area contributed by atoms with E-state index in [-0.39, 0.29) is 29.8 Å². The maximum Gasteiger partial charge on any atom is 0.245 e. The molecule has 3 rings (SSSR count). The zero-order chi connectivity index (χ0) is 16.4. The largest absolute Gasteiger partial charge is 0.344 e. The van der Waals surface area contributed by atoms with E-state index < -0.39 is 16.1 Å². The lowest BCUT2D eigenvalue weighted by Gasteiger charge is -2.35. The molecule has 2 aliphatic rings. The zero-order valence-electron chi connectivity index (χ0n) is 12.6. The summed E-state index contributed by atoms with van der Waals surface area (Å²) in [5.74, 6) is -0.221. The molecule has 2 amide bonds. The van der Waals surface area contributed by atoms with Crippen LogP contribution in [0.3, 0.4) is 0 Å². The summed E-state index contributed by atoms with van der Waals surface area (Å²) in [5.41, 5.74) is 0. The molecule has 1 aromatic carbocycles. The van der Waals surface area contributed by atoms with Crippen LogP contribution in [0.2, 0.25) is 0 Å². The van der Waals surface area contributed by atoms with Gasteiger partial charge in [-0.15, -0.1) is 0 Å². The lowest BCUT2D eigenvalue weighted by atomic mass is 10.2. The van der Waals surface area contributed by atoms with Crippen LogP contribution in [0, 0.1) is 0 Å². The normalized spacial score (nSPS) is 22.9. The van der Waals surface area contributed by atoms with Crippen molar-refractivity contribution in [3.05, 3.63) is 30.3 Å². The van der Waals surface area contributed by atoms with Gasteiger partial charge in [0.25, 0.3) is 0 Å². The summed E-state index contributed by atoms with van der Waals surface area (Å²) in [6.07, 6.45) is 0.888. The van der Waals surface area contributed by atoms with Gasteiger partial charge < -0.3 is 10.2 Å². The molecule has 8 heteroatoms. The summed E-state index contributed by atoms with van der Waals surface area (Å²) in [5, 5.41) is 2.66. The average Bonchev–Trinajstić information content (AvgIpc) is 3.01. The maximum absolute atomic E-state index is 12.5. The molecule has 23 heavy (non-hydrogen) atoms. The standard InChI is InChI=1S/C15H19N3O4S/c19-14-7-6-13(16-14)15(20)17-8-10-18(11-9-17)23(21,22)12-4-2-1-3-5-12/h1-5,13H,6-11H2,(H,16,19)/t13-/m0/s1. The second-order valence-corrected chi connectivity index (χ2v) is 7.64. The van der Waals surface area contributed by atoms with E-state index in [2.05, 4.69) is 5.32 Å². The van der Waals surface area contributed by atoms with Gasteiger partial charge in [0.15, 0.2) is 0 Å². The van der Waals surface area contributed by atoms with Crippen LogP contribution in [0.4, 0.5) is 0 Å². The number of carbonyl (C=O) groups excluding carboxylic acids is 2. The van der Waals surface area contributed by atoms with Crippen molar-refractivity contribution in [1.29, 1.82) is 0 Å². The summed E-state index contributed by atoms with van der Waals surface area (Å²) < 4.78 is 26.5. The highest BCUT2D eigenvalue weighted by Crippen LogP contribution is 2.18. The summed E-state index contributed by atoms with van der Waals surface area (Å²) in [6.45, 7) is 1.22. The van der Waals surface area contributed by atoms with Crippen LogP contribution < -0.4 is 5.32 Å². The van der Waals surface area contributed by atoms with Crippen molar-refractivity contribution in [1.82, 2.24) is 14.5 Å². The van der Waals surface area contributed by atoms with Crippen LogP contribution in [0.1, 0.15) is 12.8 Å². The van der Waals surface area contributed by atoms with Gasteiger partial charge in [-0.3, -0.25) is 9.59 Å². The van der Waals surface area contributed by atoms with Gasteiger partial charge in [-0.25, -0.2) is 8.42 Å². The minimum absolute atomic E-state index is 0.103. The number of sulfonamides is 1. The maximum atomic E-state index is 12.5. The molecule has 2 saturated heterocycles. The van der Waals surface area contributed by atoms with E-state index in [1.54, 1.807) is 35.2 Å². The van der Waals surface area contributed by atoms with Gasteiger partial charge >= 0.3 is 0 Å². The molecule has 0 aromatic heterocycles. The van der Waals surface area contributed by atoms with E-state index >= 15 is 0 Å². The van der Waals surface area contributed by atoms with Crippen LogP contribution in [0.25, 0.3) is 0 Å². The van der Waals surface area contributed by atoms with Gasteiger partial charge in [-0.05, 0) is 18.6 Å². The first-order valence-electron chi connectivity index (χ1n) is 7.62. The number of amides is 2. The number of carbonyl (C=O) groups is 2. The SMILES string of the molecule is O=C1CC[C@@H](C(=O)N2CCN(S(=O)(=O)c3ccccc3)CC2)N1. The van der Waals surface area contributed by atoms with Crippen LogP contribution in [-0.4, -0.2) is 61.7 Å². The van der Waals surface area contributed by atoms with Crippen molar-refractivity contribution in [3.8, 4) is 0 Å². The third-order valence-corrected chi connectivity index (χ3v) is 6.14. The first-order chi connectivity index (χ1) is 11.0. The Morgan fingerprint density at radius 3 is 2.30 bits per heavy atom. The van der Waals surface area contributed by atoms with Crippen molar-refractivity contribution >= 4 is 21.8 Å². The smallest absolute Gasteiger partial charge is 0.245 e. The van der Waals surface area contributed by atoms with E-state index in [0.717, 1.165) is 0 Å². The monoisotopic (exact) mass is 337 g/mol. The van der Waals surface area contributed by atoms with Crippen molar-refractivity contribution in [3.63, 3.8) is 0 Å². The Bertz CT molecular complexity index is 697. The van der Waals surface area contributed by atoms with Crippen LogP contribution in [0.15, 0.2) is 35.2 Å². The predicted octanol–water partition coefficient (Wildman–Crippen LogP) is -0.202. The molecule has 1 atom stereocenters. The molecule has 0 radical (unpaired) electrons. The summed E-state index contributed by atoms with van der Waals surface area (Å²) in [4.78, 5) is 25.4. The van der Waals surface area contributed by atoms with E-state index in [1.165, 1.54) is 4.31 Å². The number of nitrogens with zero attached hydrogens (tertiary/aromatic N) is 2. The molecule has 7 nitrogen and oxygen atoms in total. The third-order valence-electron chi connectivity index (χ3n) is 4.22. The molecule has 0 saturated carbocycles. The molecule has 0 unspecified atom stereocenters. The predicted molar refractivity (Wildman–Crippen MR) is 82.9 cm³/mol. The molecule has 0 bridgehead atoms. The van der Waals surface area contributed by atoms with Gasteiger partial charge in [0, 0.05) is 32.6 Å². The lowest BCUT2D eigenvalue weighted by Crippen LogP contribution is -2.54. The molecule has 0 aliphatic carbocycles. The minimum atomic E-state index is -3.51. The Morgan fingerprint density at radius 1 is 1.09 bits per heavy atom. The second-order valence-electron chi connectivity index (χ2n) is 5.70. The second kappa shape index (κ2) is 6.29. The molecule has 1 N–H and O–H groups in total. The number of hydrogen-bond donors (Lipinski definition) is 1. The summed E-state index contributed by atoms with van der Waals surface area (Å²) >= 11 is 0. The van der Waals surface area contributed by atoms with Crippen LogP contribution >= 0.6 is 0 Å². The Hall–Kier alpha value is -1.93. The van der Waals surface area contributed by atoms with Crippen LogP contribution in [-0.2, 0) is 19.6 Å². The van der Waals surface area contributed by atoms with E-state index in [0.29, 0.717) is 25.9 Å². The third kappa shape index (κ3) is 3.23. The summed E-state index contributed by atoms with van der Waals surface area (Å²) in [7, 11) is -3.51. The van der Waals surface area contributed by atoms with E-state index in [4.69, 9.17) is 0 Å². The first kappa shape index (κ1) is 15.9. The molecule has 124 valence electrons. The van der Waals surface area contributed by atoms with Crippen molar-refractivity contribution in [2.75, 3.05) is 26.2 Å². The Balaban J connectivity index is 1.62. The quantitative estimate of drug-likeness (QED) is 0.827. The summed E-state index contributed by atoms with van der Waals surface area (Å²) in [6, 6.07) is 7.83. The number of piperazine rings is 1. The Labute approximate surface area is 135 Å². The molecule has 0 spiro atoms. The Morgan fingerprint density at radius 2 is 1.74 bits per heavy atom. The van der Waals surface area contributed by atoms with E-state index in [9.17, 15) is 18.0 Å². The fourth-order valence-electron chi connectivity index (χ4n) is 2.91. The first-order valence-corrected chi connectivity index (χ1v) is 9.06. The van der Waals surface area contributed by atoms with Crippen molar-refractivity contribution in [2.24, 2.45) is 0 Å². The molecular weight excluding hydrogens is 318 g/mol. The Kier molecular flexibility index (Phi) is 4.36. The fourth-order valence-corrected chi connectivity index (χ4v) is 4.35. The van der Waals surface area contributed by atoms with Crippen molar-refractivity contribution < 1.29 is 18.0 Å². The number of hydrogen-bond acceptors (Lipinski definition) is 4. The molecular formula is C15H19N3O4S. The number of rotatable bonds is 3. The highest BCUT2D eigenvalue weighted by atomic mass is 32.2. The average molecular weight is 337 g/mol. The fraction of sp³-hybridized carbons (Fsp3) is 0.467. The number of nitrogens with one attached hydrogen (secondary N) is 1. The van der Waals surface area contributed by atoms with Gasteiger partial charge in [0.05, 0.1) is 4.90 Å². The molecule has 2 aliphatic heterocycles. The lowest BCUT2D eigenvalue weighted by molar-refractivity contribution is -0.135.